The fourth-order valence-corrected chi connectivity index (χ4v) is 2.10. The molecule has 0 saturated carbocycles. The minimum Gasteiger partial charge on any atom is -0.434 e. The molecule has 2 nitrogen and oxygen atoms in total. The summed E-state index contributed by atoms with van der Waals surface area (Å²) in [7, 11) is 0. The van der Waals surface area contributed by atoms with Gasteiger partial charge in [0, 0.05) is 5.56 Å². The van der Waals surface area contributed by atoms with Crippen molar-refractivity contribution < 1.29 is 17.9 Å². The molecule has 1 N–H and O–H groups in total. The zero-order chi connectivity index (χ0) is 15.4. The van der Waals surface area contributed by atoms with Crippen molar-refractivity contribution in [1.29, 1.82) is 0 Å². The van der Waals surface area contributed by atoms with E-state index in [0.29, 0.717) is 11.3 Å². The lowest BCUT2D eigenvalue weighted by molar-refractivity contribution is -0.0505. The third-order valence-electron chi connectivity index (χ3n) is 3.10. The summed E-state index contributed by atoms with van der Waals surface area (Å²) in [6, 6.07) is 10.8. The molecule has 1 unspecified atom stereocenters. The second kappa shape index (κ2) is 6.52. The Morgan fingerprint density at radius 2 is 1.81 bits per heavy atom. The molecule has 1 atom stereocenters. The van der Waals surface area contributed by atoms with Crippen LogP contribution >= 0.6 is 0 Å². The summed E-state index contributed by atoms with van der Waals surface area (Å²) >= 11 is 0. The number of hydrogen-bond donors (Lipinski definition) is 1. The van der Waals surface area contributed by atoms with Gasteiger partial charge in [-0.2, -0.15) is 8.78 Å². The molecule has 112 valence electrons. The molecule has 0 aliphatic heterocycles. The first-order valence-corrected chi connectivity index (χ1v) is 6.54. The summed E-state index contributed by atoms with van der Waals surface area (Å²) in [4.78, 5) is 0. The van der Waals surface area contributed by atoms with E-state index < -0.39 is 6.61 Å². The molecule has 0 amide bonds. The third kappa shape index (κ3) is 3.90. The predicted molar refractivity (Wildman–Crippen MR) is 76.2 cm³/mol. The number of anilines is 1. The van der Waals surface area contributed by atoms with Gasteiger partial charge in [-0.1, -0.05) is 24.3 Å². The van der Waals surface area contributed by atoms with Gasteiger partial charge in [0.2, 0.25) is 0 Å². The Morgan fingerprint density at radius 1 is 1.10 bits per heavy atom. The molecular weight excluding hydrogens is 279 g/mol. The molecule has 21 heavy (non-hydrogen) atoms. The standard InChI is InChI=1S/C16H16F3NO/c1-10-7-8-13(17)14(9-10)20-11(2)12-5-3-4-6-15(12)21-16(18)19/h3-9,11,16,20H,1-2H3. The third-order valence-corrected chi connectivity index (χ3v) is 3.10. The van der Waals surface area contributed by atoms with Crippen molar-refractivity contribution in [1.82, 2.24) is 0 Å². The second-order valence-corrected chi connectivity index (χ2v) is 4.77. The Bertz CT molecular complexity index is 616. The van der Waals surface area contributed by atoms with Crippen LogP contribution in [0.2, 0.25) is 0 Å². The fourth-order valence-electron chi connectivity index (χ4n) is 2.10. The van der Waals surface area contributed by atoms with Gasteiger partial charge in [-0.25, -0.2) is 4.39 Å². The Hall–Kier alpha value is -2.17. The maximum atomic E-state index is 13.7. The molecule has 2 rings (SSSR count). The van der Waals surface area contributed by atoms with Crippen LogP contribution in [0.4, 0.5) is 18.9 Å². The van der Waals surface area contributed by atoms with Gasteiger partial charge in [-0.05, 0) is 37.6 Å². The van der Waals surface area contributed by atoms with Gasteiger partial charge in [0.25, 0.3) is 0 Å². The summed E-state index contributed by atoms with van der Waals surface area (Å²) in [6.45, 7) is 0.715. The van der Waals surface area contributed by atoms with E-state index in [1.807, 2.05) is 6.92 Å². The van der Waals surface area contributed by atoms with E-state index in [0.717, 1.165) is 5.56 Å². The highest BCUT2D eigenvalue weighted by molar-refractivity contribution is 5.50. The van der Waals surface area contributed by atoms with E-state index in [9.17, 15) is 13.2 Å². The van der Waals surface area contributed by atoms with Crippen molar-refractivity contribution in [2.45, 2.75) is 26.5 Å². The predicted octanol–water partition coefficient (Wildman–Crippen LogP) is 4.91. The minimum absolute atomic E-state index is 0.0839. The Balaban J connectivity index is 2.24. The van der Waals surface area contributed by atoms with Crippen LogP contribution in [-0.2, 0) is 0 Å². The maximum absolute atomic E-state index is 13.7. The number of benzene rings is 2. The van der Waals surface area contributed by atoms with Crippen LogP contribution in [0.3, 0.4) is 0 Å². The summed E-state index contributed by atoms with van der Waals surface area (Å²) in [5, 5.41) is 2.98. The van der Waals surface area contributed by atoms with Crippen molar-refractivity contribution in [3.05, 3.63) is 59.4 Å². The van der Waals surface area contributed by atoms with Gasteiger partial charge < -0.3 is 10.1 Å². The fraction of sp³-hybridized carbons (Fsp3) is 0.250. The molecule has 0 aliphatic rings. The van der Waals surface area contributed by atoms with Crippen molar-refractivity contribution >= 4 is 5.69 Å². The lowest BCUT2D eigenvalue weighted by Crippen LogP contribution is -2.11. The van der Waals surface area contributed by atoms with Crippen LogP contribution in [0.15, 0.2) is 42.5 Å². The van der Waals surface area contributed by atoms with Gasteiger partial charge in [-0.15, -0.1) is 0 Å². The van der Waals surface area contributed by atoms with Crippen molar-refractivity contribution in [2.75, 3.05) is 5.32 Å². The highest BCUT2D eigenvalue weighted by atomic mass is 19.3. The summed E-state index contributed by atoms with van der Waals surface area (Å²) in [5.41, 5.74) is 1.77. The highest BCUT2D eigenvalue weighted by Crippen LogP contribution is 2.29. The van der Waals surface area contributed by atoms with Gasteiger partial charge >= 0.3 is 6.61 Å². The summed E-state index contributed by atoms with van der Waals surface area (Å²) in [6.07, 6.45) is 0. The molecule has 0 bridgehead atoms. The zero-order valence-corrected chi connectivity index (χ0v) is 11.7. The zero-order valence-electron chi connectivity index (χ0n) is 11.7. The number of halogens is 3. The SMILES string of the molecule is Cc1ccc(F)c(NC(C)c2ccccc2OC(F)F)c1. The van der Waals surface area contributed by atoms with E-state index >= 15 is 0 Å². The van der Waals surface area contributed by atoms with Gasteiger partial charge in [-0.3, -0.25) is 0 Å². The van der Waals surface area contributed by atoms with Crippen molar-refractivity contribution in [2.24, 2.45) is 0 Å². The topological polar surface area (TPSA) is 21.3 Å². The minimum atomic E-state index is -2.89. The number of aryl methyl sites for hydroxylation is 1. The molecule has 2 aromatic rings. The van der Waals surface area contributed by atoms with Crippen LogP contribution in [0.25, 0.3) is 0 Å². The van der Waals surface area contributed by atoms with Gasteiger partial charge in [0.15, 0.2) is 0 Å². The number of para-hydroxylation sites is 1. The lowest BCUT2D eigenvalue weighted by Gasteiger charge is -2.19. The monoisotopic (exact) mass is 295 g/mol. The van der Waals surface area contributed by atoms with E-state index in [-0.39, 0.29) is 17.6 Å². The summed E-state index contributed by atoms with van der Waals surface area (Å²) in [5.74, 6) is -0.305. The largest absolute Gasteiger partial charge is 0.434 e. The summed E-state index contributed by atoms with van der Waals surface area (Å²) < 4.78 is 43.0. The Labute approximate surface area is 121 Å². The van der Waals surface area contributed by atoms with Crippen LogP contribution in [0, 0.1) is 12.7 Å². The van der Waals surface area contributed by atoms with Gasteiger partial charge in [0.05, 0.1) is 11.7 Å². The van der Waals surface area contributed by atoms with Gasteiger partial charge in [0.1, 0.15) is 11.6 Å². The molecular formula is C16H16F3NO. The second-order valence-electron chi connectivity index (χ2n) is 4.77. The molecule has 2 aromatic carbocycles. The molecule has 0 aliphatic carbocycles. The first-order chi connectivity index (χ1) is 9.97. The molecule has 0 saturated heterocycles. The number of ether oxygens (including phenoxy) is 1. The van der Waals surface area contributed by atoms with Crippen molar-refractivity contribution in [3.8, 4) is 5.75 Å². The average molecular weight is 295 g/mol. The van der Waals surface area contributed by atoms with Crippen LogP contribution in [0.5, 0.6) is 5.75 Å². The Kier molecular flexibility index (Phi) is 4.73. The maximum Gasteiger partial charge on any atom is 0.387 e. The smallest absolute Gasteiger partial charge is 0.387 e. The van der Waals surface area contributed by atoms with E-state index in [1.54, 1.807) is 37.3 Å². The molecule has 0 heterocycles. The van der Waals surface area contributed by atoms with E-state index in [2.05, 4.69) is 10.1 Å². The van der Waals surface area contributed by atoms with E-state index in [1.165, 1.54) is 12.1 Å². The highest BCUT2D eigenvalue weighted by Gasteiger charge is 2.15. The molecule has 0 spiro atoms. The number of alkyl halides is 2. The number of hydrogen-bond acceptors (Lipinski definition) is 2. The van der Waals surface area contributed by atoms with Crippen LogP contribution in [-0.4, -0.2) is 6.61 Å². The number of rotatable bonds is 5. The Morgan fingerprint density at radius 3 is 2.52 bits per heavy atom. The van der Waals surface area contributed by atoms with Crippen molar-refractivity contribution in [3.63, 3.8) is 0 Å². The number of nitrogens with one attached hydrogen (secondary N) is 1. The average Bonchev–Trinajstić information content (AvgIpc) is 2.42. The molecule has 0 fully saturated rings. The molecule has 5 heteroatoms. The van der Waals surface area contributed by atoms with Crippen LogP contribution in [0.1, 0.15) is 24.1 Å². The first-order valence-electron chi connectivity index (χ1n) is 6.54. The van der Waals surface area contributed by atoms with Crippen LogP contribution < -0.4 is 10.1 Å². The quantitative estimate of drug-likeness (QED) is 0.846. The lowest BCUT2D eigenvalue weighted by atomic mass is 10.1. The van der Waals surface area contributed by atoms with E-state index in [4.69, 9.17) is 0 Å². The molecule has 0 aromatic heterocycles. The molecule has 0 radical (unpaired) electrons. The normalized spacial score (nSPS) is 12.3. The first kappa shape index (κ1) is 15.2.